The van der Waals surface area contributed by atoms with Crippen LogP contribution in [0.3, 0.4) is 0 Å². The predicted octanol–water partition coefficient (Wildman–Crippen LogP) is 1.60. The first-order valence-electron chi connectivity index (χ1n) is 8.53. The number of nitrogens with zero attached hydrogens (tertiary/aromatic N) is 2. The molecule has 1 fully saturated rings. The molecule has 0 spiro atoms. The molecule has 2 aliphatic heterocycles. The number of amides is 2. The van der Waals surface area contributed by atoms with Gasteiger partial charge < -0.3 is 15.8 Å². The zero-order valence-electron chi connectivity index (χ0n) is 15.6. The molecule has 10 heteroatoms. The van der Waals surface area contributed by atoms with Gasteiger partial charge in [-0.2, -0.15) is 5.26 Å². The molecule has 29 heavy (non-hydrogen) atoms. The van der Waals surface area contributed by atoms with Crippen molar-refractivity contribution in [2.45, 2.75) is 17.6 Å². The first-order valence-corrected chi connectivity index (χ1v) is 9.79. The summed E-state index contributed by atoms with van der Waals surface area (Å²) in [7, 11) is 2.68. The van der Waals surface area contributed by atoms with Crippen LogP contribution in [0, 0.1) is 11.3 Å². The molecule has 0 bridgehead atoms. The van der Waals surface area contributed by atoms with Gasteiger partial charge in [-0.05, 0) is 11.6 Å². The van der Waals surface area contributed by atoms with Crippen molar-refractivity contribution in [3.8, 4) is 6.07 Å². The van der Waals surface area contributed by atoms with Gasteiger partial charge >= 0.3 is 5.97 Å². The number of halogens is 1. The smallest absolute Gasteiger partial charge is 0.307 e. The number of methoxy groups -OCH3 is 1. The van der Waals surface area contributed by atoms with E-state index in [1.54, 1.807) is 24.3 Å². The number of fused-ring (bicyclic) bond motifs is 1. The lowest BCUT2D eigenvalue weighted by molar-refractivity contribution is -0.142. The first kappa shape index (κ1) is 20.8. The lowest BCUT2D eigenvalue weighted by Crippen LogP contribution is -2.39. The Labute approximate surface area is 176 Å². The van der Waals surface area contributed by atoms with Gasteiger partial charge in [-0.15, -0.1) is 0 Å². The molecule has 8 nitrogen and oxygen atoms in total. The molecule has 1 saturated heterocycles. The van der Waals surface area contributed by atoms with Gasteiger partial charge in [0, 0.05) is 12.1 Å². The zero-order valence-corrected chi connectivity index (χ0v) is 17.1. The molecular formula is C19H17ClN4O4S. The summed E-state index contributed by atoms with van der Waals surface area (Å²) < 4.78 is 4.65. The van der Waals surface area contributed by atoms with E-state index in [0.717, 1.165) is 16.7 Å². The van der Waals surface area contributed by atoms with Gasteiger partial charge in [-0.1, -0.05) is 41.6 Å². The number of esters is 1. The summed E-state index contributed by atoms with van der Waals surface area (Å²) in [6, 6.07) is 8.83. The maximum absolute atomic E-state index is 12.9. The monoisotopic (exact) mass is 432 g/mol. The average Bonchev–Trinajstić information content (AvgIpc) is 3.03. The fourth-order valence-electron chi connectivity index (χ4n) is 3.30. The summed E-state index contributed by atoms with van der Waals surface area (Å²) in [6.07, 6.45) is -0.188. The summed E-state index contributed by atoms with van der Waals surface area (Å²) in [5.74, 6) is -2.46. The van der Waals surface area contributed by atoms with Gasteiger partial charge in [0.2, 0.25) is 5.91 Å². The van der Waals surface area contributed by atoms with Crippen molar-refractivity contribution >= 4 is 41.1 Å². The van der Waals surface area contributed by atoms with Crippen LogP contribution in [0.5, 0.6) is 0 Å². The number of carbonyl (C=O) groups is 3. The molecule has 0 aromatic heterocycles. The number of hydrogen-bond donors (Lipinski definition) is 2. The van der Waals surface area contributed by atoms with Gasteiger partial charge in [0.05, 0.1) is 41.7 Å². The molecule has 0 aliphatic carbocycles. The Morgan fingerprint density at radius 3 is 2.69 bits per heavy atom. The lowest BCUT2D eigenvalue weighted by Gasteiger charge is -2.32. The summed E-state index contributed by atoms with van der Waals surface area (Å²) in [6.45, 7) is 0. The highest BCUT2D eigenvalue weighted by Crippen LogP contribution is 2.50. The Morgan fingerprint density at radius 2 is 2.10 bits per heavy atom. The number of likely N-dealkylation sites (N-methyl/N-ethyl adjacent to an activating group) is 1. The molecule has 3 rings (SSSR count). The third-order valence-electron chi connectivity index (χ3n) is 4.67. The predicted molar refractivity (Wildman–Crippen MR) is 107 cm³/mol. The van der Waals surface area contributed by atoms with Crippen molar-refractivity contribution in [3.05, 3.63) is 56.8 Å². The minimum absolute atomic E-state index is 0.0353. The topological polar surface area (TPSA) is 126 Å². The largest absolute Gasteiger partial charge is 0.469 e. The Morgan fingerprint density at radius 1 is 1.41 bits per heavy atom. The van der Waals surface area contributed by atoms with Gasteiger partial charge in [-0.25, -0.2) is 0 Å². The maximum atomic E-state index is 12.9. The minimum atomic E-state index is -0.850. The van der Waals surface area contributed by atoms with E-state index in [0.29, 0.717) is 10.6 Å². The molecule has 1 aromatic carbocycles. The van der Waals surface area contributed by atoms with Crippen LogP contribution in [0.1, 0.15) is 17.9 Å². The molecular weight excluding hydrogens is 416 g/mol. The number of ether oxygens (including phenoxy) is 1. The number of benzene rings is 1. The van der Waals surface area contributed by atoms with Crippen LogP contribution < -0.4 is 11.1 Å². The van der Waals surface area contributed by atoms with Crippen LogP contribution in [0.25, 0.3) is 0 Å². The van der Waals surface area contributed by atoms with Crippen molar-refractivity contribution in [2.24, 2.45) is 5.73 Å². The normalized spacial score (nSPS) is 21.0. The van der Waals surface area contributed by atoms with Crippen molar-refractivity contribution in [3.63, 3.8) is 0 Å². The molecule has 2 aliphatic rings. The Kier molecular flexibility index (Phi) is 5.86. The highest BCUT2D eigenvalue weighted by Gasteiger charge is 2.48. The highest BCUT2D eigenvalue weighted by molar-refractivity contribution is 8.04. The zero-order chi connectivity index (χ0) is 21.3. The number of thioether (sulfide) groups is 1. The fraction of sp³-hybridized carbons (Fsp3) is 0.263. The van der Waals surface area contributed by atoms with E-state index < -0.39 is 29.0 Å². The van der Waals surface area contributed by atoms with Crippen LogP contribution in [-0.2, 0) is 19.1 Å². The first-order chi connectivity index (χ1) is 13.8. The number of nitrogens with one attached hydrogen (secondary N) is 1. The molecule has 2 heterocycles. The second-order valence-electron chi connectivity index (χ2n) is 6.22. The molecule has 3 N–H and O–H groups in total. The Balaban J connectivity index is 2.23. The second-order valence-corrected chi connectivity index (χ2v) is 7.82. The third kappa shape index (κ3) is 3.45. The van der Waals surface area contributed by atoms with Gasteiger partial charge in [0.25, 0.3) is 5.91 Å². The van der Waals surface area contributed by atoms with Gasteiger partial charge in [0.15, 0.2) is 0 Å². The van der Waals surface area contributed by atoms with E-state index >= 15 is 0 Å². The van der Waals surface area contributed by atoms with E-state index in [-0.39, 0.29) is 28.4 Å². The number of carbonyl (C=O) groups excluding carboxylic acids is 3. The quantitative estimate of drug-likeness (QED) is 0.692. The van der Waals surface area contributed by atoms with Crippen LogP contribution in [0.2, 0.25) is 5.02 Å². The van der Waals surface area contributed by atoms with Crippen molar-refractivity contribution in [1.29, 1.82) is 5.26 Å². The number of rotatable bonds is 4. The molecule has 2 atom stereocenters. The molecule has 1 aromatic rings. The Bertz CT molecular complexity index is 1010. The summed E-state index contributed by atoms with van der Waals surface area (Å²) >= 11 is 7.40. The van der Waals surface area contributed by atoms with Gasteiger partial charge in [0.1, 0.15) is 11.1 Å². The number of nitriles is 1. The standard InChI is InChI=1S/C19H17ClN4O4S/c1-23-17(26)15-14(9-5-3-4-6-11(9)20)10(8-21)16(22)24-18(27)12(29-19(15)24)7-13(25)28-2/h3-6,12,14H,7,22H2,1-2H3,(H,23,26)/t12-,14-/m0/s1. The van der Waals surface area contributed by atoms with Crippen LogP contribution in [0.15, 0.2) is 46.3 Å². The second kappa shape index (κ2) is 8.19. The number of allylic oxidation sites excluding steroid dienone is 1. The molecule has 0 unspecified atom stereocenters. The third-order valence-corrected chi connectivity index (χ3v) is 6.29. The van der Waals surface area contributed by atoms with E-state index in [2.05, 4.69) is 10.1 Å². The van der Waals surface area contributed by atoms with Crippen LogP contribution >= 0.6 is 23.4 Å². The molecule has 2 amide bonds. The van der Waals surface area contributed by atoms with Crippen LogP contribution in [-0.4, -0.2) is 42.1 Å². The fourth-order valence-corrected chi connectivity index (χ4v) is 4.87. The maximum Gasteiger partial charge on any atom is 0.307 e. The van der Waals surface area contributed by atoms with Crippen molar-refractivity contribution in [2.75, 3.05) is 14.2 Å². The molecule has 150 valence electrons. The number of hydrogen-bond acceptors (Lipinski definition) is 7. The minimum Gasteiger partial charge on any atom is -0.469 e. The van der Waals surface area contributed by atoms with Crippen molar-refractivity contribution < 1.29 is 19.1 Å². The van der Waals surface area contributed by atoms with E-state index in [1.165, 1.54) is 14.2 Å². The lowest BCUT2D eigenvalue weighted by atomic mass is 9.82. The molecule has 0 radical (unpaired) electrons. The van der Waals surface area contributed by atoms with Crippen molar-refractivity contribution in [1.82, 2.24) is 10.2 Å². The SMILES string of the molecule is CNC(=O)C1=C2S[C@@H](CC(=O)OC)C(=O)N2C(N)=C(C#N)[C@@H]1c1ccccc1Cl. The summed E-state index contributed by atoms with van der Waals surface area (Å²) in [5, 5.41) is 12.2. The summed E-state index contributed by atoms with van der Waals surface area (Å²) in [4.78, 5) is 38.6. The highest BCUT2D eigenvalue weighted by atomic mass is 35.5. The van der Waals surface area contributed by atoms with E-state index in [4.69, 9.17) is 17.3 Å². The van der Waals surface area contributed by atoms with E-state index in [9.17, 15) is 19.6 Å². The van der Waals surface area contributed by atoms with E-state index in [1.807, 2.05) is 6.07 Å². The number of nitrogens with two attached hydrogens (primary N) is 1. The van der Waals surface area contributed by atoms with Crippen LogP contribution in [0.4, 0.5) is 0 Å². The average molecular weight is 433 g/mol. The molecule has 0 saturated carbocycles. The summed E-state index contributed by atoms with van der Waals surface area (Å²) in [5.41, 5.74) is 6.93. The van der Waals surface area contributed by atoms with Gasteiger partial charge in [-0.3, -0.25) is 19.3 Å². The Hall–Kier alpha value is -2.96.